The molecule has 0 saturated carbocycles. The van der Waals surface area contributed by atoms with Gasteiger partial charge in [-0.1, -0.05) is 12.1 Å². The lowest BCUT2D eigenvalue weighted by molar-refractivity contribution is 0.439. The van der Waals surface area contributed by atoms with E-state index < -0.39 is 0 Å². The van der Waals surface area contributed by atoms with Gasteiger partial charge in [-0.2, -0.15) is 0 Å². The van der Waals surface area contributed by atoms with Crippen molar-refractivity contribution in [3.8, 4) is 11.8 Å². The largest absolute Gasteiger partial charge is 0.423 e. The van der Waals surface area contributed by atoms with Crippen molar-refractivity contribution in [1.29, 1.82) is 0 Å². The van der Waals surface area contributed by atoms with Crippen LogP contribution in [0.1, 0.15) is 5.56 Å². The number of halogens is 1. The molecular weight excluding hydrogens is 256 g/mol. The average molecular weight is 265 g/mol. The highest BCUT2D eigenvalue weighted by Crippen LogP contribution is 2.30. The first-order valence-electron chi connectivity index (χ1n) is 4.47. The van der Waals surface area contributed by atoms with Gasteiger partial charge in [-0.05, 0) is 40.5 Å². The Morgan fingerprint density at radius 2 is 1.87 bits per heavy atom. The van der Waals surface area contributed by atoms with Crippen molar-refractivity contribution < 1.29 is 4.74 Å². The zero-order valence-corrected chi connectivity index (χ0v) is 9.73. The van der Waals surface area contributed by atoms with Crippen molar-refractivity contribution in [1.82, 2.24) is 9.97 Å². The highest BCUT2D eigenvalue weighted by Gasteiger charge is 2.05. The lowest BCUT2D eigenvalue weighted by Crippen LogP contribution is -1.91. The molecule has 0 atom stereocenters. The molecule has 0 spiro atoms. The van der Waals surface area contributed by atoms with Crippen LogP contribution < -0.4 is 4.74 Å². The topological polar surface area (TPSA) is 35.0 Å². The minimum atomic E-state index is 0.351. The normalized spacial score (nSPS) is 10.0. The summed E-state index contributed by atoms with van der Waals surface area (Å²) in [6.07, 6.45) is 3.29. The average Bonchev–Trinajstić information content (AvgIpc) is 2.26. The molecule has 0 fully saturated rings. The summed E-state index contributed by atoms with van der Waals surface area (Å²) < 4.78 is 6.45. The molecule has 2 aromatic rings. The van der Waals surface area contributed by atoms with E-state index >= 15 is 0 Å². The zero-order chi connectivity index (χ0) is 10.7. The van der Waals surface area contributed by atoms with Crippen LogP contribution >= 0.6 is 15.9 Å². The molecule has 0 aliphatic carbocycles. The molecule has 3 nitrogen and oxygen atoms in total. The van der Waals surface area contributed by atoms with E-state index in [1.54, 1.807) is 18.5 Å². The molecular formula is C11H9BrN2O. The third kappa shape index (κ3) is 2.33. The molecule has 76 valence electrons. The van der Waals surface area contributed by atoms with Crippen LogP contribution in [0.3, 0.4) is 0 Å². The SMILES string of the molecule is Cc1cccc(Oc2ncccn2)c1Br. The third-order valence-corrected chi connectivity index (χ3v) is 2.92. The second-order valence-electron chi connectivity index (χ2n) is 3.02. The second-order valence-corrected chi connectivity index (χ2v) is 3.81. The molecule has 0 aliphatic rings. The van der Waals surface area contributed by atoms with E-state index in [2.05, 4.69) is 25.9 Å². The predicted molar refractivity (Wildman–Crippen MR) is 61.0 cm³/mol. The summed E-state index contributed by atoms with van der Waals surface area (Å²) in [4.78, 5) is 7.98. The first kappa shape index (κ1) is 10.1. The van der Waals surface area contributed by atoms with Crippen molar-refractivity contribution >= 4 is 15.9 Å². The van der Waals surface area contributed by atoms with Crippen LogP contribution in [0.15, 0.2) is 41.1 Å². The highest BCUT2D eigenvalue weighted by molar-refractivity contribution is 9.10. The van der Waals surface area contributed by atoms with Crippen LogP contribution in [0.4, 0.5) is 0 Å². The van der Waals surface area contributed by atoms with Crippen molar-refractivity contribution in [2.75, 3.05) is 0 Å². The summed E-state index contributed by atoms with van der Waals surface area (Å²) in [6.45, 7) is 2.00. The molecule has 0 radical (unpaired) electrons. The van der Waals surface area contributed by atoms with Gasteiger partial charge in [-0.15, -0.1) is 0 Å². The zero-order valence-electron chi connectivity index (χ0n) is 8.14. The fourth-order valence-electron chi connectivity index (χ4n) is 1.14. The number of ether oxygens (including phenoxy) is 1. The van der Waals surface area contributed by atoms with Gasteiger partial charge in [0.15, 0.2) is 0 Å². The van der Waals surface area contributed by atoms with Gasteiger partial charge in [0.05, 0.1) is 4.47 Å². The number of rotatable bonds is 2. The maximum Gasteiger partial charge on any atom is 0.321 e. The van der Waals surface area contributed by atoms with Gasteiger partial charge in [-0.3, -0.25) is 0 Å². The quantitative estimate of drug-likeness (QED) is 0.835. The summed E-state index contributed by atoms with van der Waals surface area (Å²) in [5.74, 6) is 0.723. The smallest absolute Gasteiger partial charge is 0.321 e. The molecule has 0 bridgehead atoms. The molecule has 1 aromatic heterocycles. The van der Waals surface area contributed by atoms with E-state index in [9.17, 15) is 0 Å². The van der Waals surface area contributed by atoms with Crippen LogP contribution in [0, 0.1) is 6.92 Å². The Hall–Kier alpha value is -1.42. The fraction of sp³-hybridized carbons (Fsp3) is 0.0909. The van der Waals surface area contributed by atoms with Crippen LogP contribution in [0.5, 0.6) is 11.8 Å². The van der Waals surface area contributed by atoms with Gasteiger partial charge in [0.2, 0.25) is 0 Å². The Morgan fingerprint density at radius 1 is 1.13 bits per heavy atom. The van der Waals surface area contributed by atoms with Gasteiger partial charge in [-0.25, -0.2) is 9.97 Å². The predicted octanol–water partition coefficient (Wildman–Crippen LogP) is 3.34. The van der Waals surface area contributed by atoms with Crippen molar-refractivity contribution in [3.05, 3.63) is 46.7 Å². The maximum atomic E-state index is 5.52. The molecule has 0 aliphatic heterocycles. The van der Waals surface area contributed by atoms with E-state index in [0.717, 1.165) is 15.8 Å². The molecule has 15 heavy (non-hydrogen) atoms. The molecule has 0 saturated heterocycles. The molecule has 2 rings (SSSR count). The first-order valence-corrected chi connectivity index (χ1v) is 5.26. The van der Waals surface area contributed by atoms with Gasteiger partial charge < -0.3 is 4.74 Å². The molecule has 4 heteroatoms. The first-order chi connectivity index (χ1) is 7.27. The summed E-state index contributed by atoms with van der Waals surface area (Å²) in [7, 11) is 0. The fourth-order valence-corrected chi connectivity index (χ4v) is 1.48. The highest BCUT2D eigenvalue weighted by atomic mass is 79.9. The van der Waals surface area contributed by atoms with E-state index in [4.69, 9.17) is 4.74 Å². The number of benzene rings is 1. The molecule has 1 aromatic carbocycles. The Bertz CT molecular complexity index is 459. The van der Waals surface area contributed by atoms with Crippen LogP contribution in [0.2, 0.25) is 0 Å². The van der Waals surface area contributed by atoms with Crippen molar-refractivity contribution in [2.45, 2.75) is 6.92 Å². The Labute approximate surface area is 96.3 Å². The number of aryl methyl sites for hydroxylation is 1. The Balaban J connectivity index is 2.29. The summed E-state index contributed by atoms with van der Waals surface area (Å²) in [5, 5.41) is 0. The molecule has 0 unspecified atom stereocenters. The van der Waals surface area contributed by atoms with Crippen LogP contribution in [0.25, 0.3) is 0 Å². The molecule has 0 amide bonds. The lowest BCUT2D eigenvalue weighted by Gasteiger charge is -2.06. The standard InChI is InChI=1S/C11H9BrN2O/c1-8-4-2-5-9(10(8)12)15-11-13-6-3-7-14-11/h2-7H,1H3. The minimum Gasteiger partial charge on any atom is -0.423 e. The molecule has 1 heterocycles. The number of hydrogen-bond donors (Lipinski definition) is 0. The number of nitrogens with zero attached hydrogens (tertiary/aromatic N) is 2. The van der Waals surface area contributed by atoms with Crippen LogP contribution in [-0.4, -0.2) is 9.97 Å². The summed E-state index contributed by atoms with van der Waals surface area (Å²) in [5.41, 5.74) is 1.11. The van der Waals surface area contributed by atoms with Crippen LogP contribution in [-0.2, 0) is 0 Å². The summed E-state index contributed by atoms with van der Waals surface area (Å²) >= 11 is 3.46. The summed E-state index contributed by atoms with van der Waals surface area (Å²) in [6, 6.07) is 7.90. The Morgan fingerprint density at radius 3 is 2.60 bits per heavy atom. The van der Waals surface area contributed by atoms with E-state index in [1.165, 1.54) is 0 Å². The van der Waals surface area contributed by atoms with Gasteiger partial charge >= 0.3 is 6.01 Å². The van der Waals surface area contributed by atoms with E-state index in [0.29, 0.717) is 6.01 Å². The lowest BCUT2D eigenvalue weighted by atomic mass is 10.2. The molecule has 0 N–H and O–H groups in total. The Kier molecular flexibility index (Phi) is 2.97. The second kappa shape index (κ2) is 4.40. The van der Waals surface area contributed by atoms with Crippen molar-refractivity contribution in [3.63, 3.8) is 0 Å². The van der Waals surface area contributed by atoms with Crippen molar-refractivity contribution in [2.24, 2.45) is 0 Å². The van der Waals surface area contributed by atoms with E-state index in [1.807, 2.05) is 25.1 Å². The maximum absolute atomic E-state index is 5.52. The minimum absolute atomic E-state index is 0.351. The van der Waals surface area contributed by atoms with Gasteiger partial charge in [0.1, 0.15) is 5.75 Å². The third-order valence-electron chi connectivity index (χ3n) is 1.90. The van der Waals surface area contributed by atoms with E-state index in [-0.39, 0.29) is 0 Å². The van der Waals surface area contributed by atoms with Gasteiger partial charge in [0.25, 0.3) is 0 Å². The monoisotopic (exact) mass is 264 g/mol. The van der Waals surface area contributed by atoms with Gasteiger partial charge in [0, 0.05) is 12.4 Å². The number of hydrogen-bond acceptors (Lipinski definition) is 3. The number of aromatic nitrogens is 2.